The number of carbonyl (C=O) groups is 1. The van der Waals surface area contributed by atoms with Crippen molar-refractivity contribution in [2.45, 2.75) is 37.8 Å². The first kappa shape index (κ1) is 18.6. The van der Waals surface area contributed by atoms with E-state index in [1.807, 2.05) is 0 Å². The van der Waals surface area contributed by atoms with E-state index in [1.54, 1.807) is 0 Å². The Morgan fingerprint density at radius 3 is 2.42 bits per heavy atom. The molecule has 4 nitrogen and oxygen atoms in total. The molecule has 2 aromatic rings. The molecule has 2 unspecified atom stereocenters. The van der Waals surface area contributed by atoms with Crippen molar-refractivity contribution in [2.24, 2.45) is 0 Å². The molecule has 138 valence electrons. The molecular weight excluding hydrogens is 324 g/mol. The first-order chi connectivity index (χ1) is 12.7. The Bertz CT molecular complexity index is 675. The Kier molecular flexibility index (Phi) is 6.81. The van der Waals surface area contributed by atoms with Gasteiger partial charge in [0, 0.05) is 18.4 Å². The minimum atomic E-state index is -0.700. The Morgan fingerprint density at radius 2 is 1.73 bits per heavy atom. The summed E-state index contributed by atoms with van der Waals surface area (Å²) in [4.78, 5) is 13.3. The second-order valence-electron chi connectivity index (χ2n) is 7.25. The van der Waals surface area contributed by atoms with E-state index in [4.69, 9.17) is 5.11 Å². The van der Waals surface area contributed by atoms with Crippen molar-refractivity contribution >= 4 is 5.97 Å². The van der Waals surface area contributed by atoms with E-state index in [-0.39, 0.29) is 6.42 Å². The molecule has 2 aromatic carbocycles. The van der Waals surface area contributed by atoms with E-state index in [0.717, 1.165) is 38.9 Å². The van der Waals surface area contributed by atoms with Gasteiger partial charge in [-0.25, -0.2) is 0 Å². The van der Waals surface area contributed by atoms with E-state index in [9.17, 15) is 4.79 Å². The molecule has 3 N–H and O–H groups in total. The molecule has 3 rings (SSSR count). The number of carboxylic acid groups (broad SMARTS) is 1. The van der Waals surface area contributed by atoms with Gasteiger partial charge in [-0.2, -0.15) is 0 Å². The molecule has 0 saturated carbocycles. The number of aryl methyl sites for hydroxylation is 1. The molecule has 1 saturated heterocycles. The van der Waals surface area contributed by atoms with Crippen LogP contribution >= 0.6 is 0 Å². The van der Waals surface area contributed by atoms with Gasteiger partial charge in [0.15, 0.2) is 0 Å². The zero-order chi connectivity index (χ0) is 18.2. The molecule has 0 radical (unpaired) electrons. The topological polar surface area (TPSA) is 57.1 Å². The predicted molar refractivity (Wildman–Crippen MR) is 103 cm³/mol. The van der Waals surface area contributed by atoms with Crippen molar-refractivity contribution in [3.63, 3.8) is 0 Å². The van der Waals surface area contributed by atoms with Gasteiger partial charge in [0.05, 0.1) is 19.1 Å². The normalized spacial score (nSPS) is 20.8. The lowest BCUT2D eigenvalue weighted by Gasteiger charge is -2.36. The van der Waals surface area contributed by atoms with Crippen molar-refractivity contribution in [3.05, 3.63) is 71.8 Å². The second-order valence-corrected chi connectivity index (χ2v) is 7.25. The van der Waals surface area contributed by atoms with Gasteiger partial charge in [-0.05, 0) is 24.9 Å². The quantitative estimate of drug-likeness (QED) is 0.766. The number of piperazine rings is 1. The Morgan fingerprint density at radius 1 is 1.04 bits per heavy atom. The molecular formula is C22H29N2O2+. The highest BCUT2D eigenvalue weighted by Crippen LogP contribution is 2.16. The predicted octanol–water partition coefficient (Wildman–Crippen LogP) is 2.47. The summed E-state index contributed by atoms with van der Waals surface area (Å²) in [5.74, 6) is -0.700. The highest BCUT2D eigenvalue weighted by atomic mass is 16.4. The lowest BCUT2D eigenvalue weighted by atomic mass is 9.97. The minimum Gasteiger partial charge on any atom is -0.481 e. The van der Waals surface area contributed by atoms with Crippen LogP contribution in [0.4, 0.5) is 0 Å². The van der Waals surface area contributed by atoms with E-state index in [0.29, 0.717) is 12.1 Å². The SMILES string of the molecule is O=C(O)CCCN1CC(CCc2ccccc2)[NH2+]C(c2ccccc2)C1. The molecule has 26 heavy (non-hydrogen) atoms. The van der Waals surface area contributed by atoms with E-state index < -0.39 is 5.97 Å². The number of hydrogen-bond donors (Lipinski definition) is 2. The molecule has 1 aliphatic heterocycles. The smallest absolute Gasteiger partial charge is 0.303 e. The lowest BCUT2D eigenvalue weighted by molar-refractivity contribution is -0.737. The van der Waals surface area contributed by atoms with Gasteiger partial charge in [0.2, 0.25) is 0 Å². The van der Waals surface area contributed by atoms with Crippen molar-refractivity contribution in [2.75, 3.05) is 19.6 Å². The molecule has 1 aliphatic rings. The van der Waals surface area contributed by atoms with Gasteiger partial charge < -0.3 is 10.4 Å². The van der Waals surface area contributed by atoms with Crippen LogP contribution < -0.4 is 5.32 Å². The third-order valence-corrected chi connectivity index (χ3v) is 5.19. The standard InChI is InChI=1S/C22H28N2O2/c25-22(26)12-7-15-24-16-20(14-13-18-8-3-1-4-9-18)23-21(17-24)19-10-5-2-6-11-19/h1-6,8-11,20-21,23H,7,12-17H2,(H,25,26)/p+1. The first-order valence-corrected chi connectivity index (χ1v) is 9.58. The third kappa shape index (κ3) is 5.68. The molecule has 0 amide bonds. The molecule has 0 aromatic heterocycles. The average molecular weight is 353 g/mol. The highest BCUT2D eigenvalue weighted by Gasteiger charge is 2.30. The van der Waals surface area contributed by atoms with Crippen LogP contribution in [-0.4, -0.2) is 41.7 Å². The fraction of sp³-hybridized carbons (Fsp3) is 0.409. The average Bonchev–Trinajstić information content (AvgIpc) is 2.67. The van der Waals surface area contributed by atoms with Crippen LogP contribution in [0.15, 0.2) is 60.7 Å². The summed E-state index contributed by atoms with van der Waals surface area (Å²) in [6, 6.07) is 22.3. The number of hydrogen-bond acceptors (Lipinski definition) is 2. The van der Waals surface area contributed by atoms with Gasteiger partial charge in [-0.15, -0.1) is 0 Å². The Balaban J connectivity index is 1.62. The molecule has 2 atom stereocenters. The molecule has 0 spiro atoms. The van der Waals surface area contributed by atoms with Gasteiger partial charge in [0.1, 0.15) is 6.04 Å². The Labute approximate surface area is 155 Å². The van der Waals surface area contributed by atoms with Crippen molar-refractivity contribution in [3.8, 4) is 0 Å². The number of nitrogens with two attached hydrogens (primary N) is 1. The third-order valence-electron chi connectivity index (χ3n) is 5.19. The monoisotopic (exact) mass is 353 g/mol. The van der Waals surface area contributed by atoms with Crippen LogP contribution in [-0.2, 0) is 11.2 Å². The van der Waals surface area contributed by atoms with Gasteiger partial charge in [-0.3, -0.25) is 9.69 Å². The Hall–Kier alpha value is -2.17. The van der Waals surface area contributed by atoms with Crippen LogP contribution in [0, 0.1) is 0 Å². The summed E-state index contributed by atoms with van der Waals surface area (Å²) >= 11 is 0. The zero-order valence-electron chi connectivity index (χ0n) is 15.3. The summed E-state index contributed by atoms with van der Waals surface area (Å²) < 4.78 is 0. The number of nitrogens with zero attached hydrogens (tertiary/aromatic N) is 1. The van der Waals surface area contributed by atoms with Crippen LogP contribution in [0.5, 0.6) is 0 Å². The van der Waals surface area contributed by atoms with Crippen LogP contribution in [0.2, 0.25) is 0 Å². The van der Waals surface area contributed by atoms with E-state index in [2.05, 4.69) is 70.9 Å². The maximum absolute atomic E-state index is 10.8. The van der Waals surface area contributed by atoms with Crippen molar-refractivity contribution < 1.29 is 15.2 Å². The van der Waals surface area contributed by atoms with E-state index in [1.165, 1.54) is 11.1 Å². The molecule has 1 fully saturated rings. The van der Waals surface area contributed by atoms with Crippen molar-refractivity contribution in [1.82, 2.24) is 4.90 Å². The maximum atomic E-state index is 10.8. The number of aliphatic carboxylic acids is 1. The molecule has 1 heterocycles. The number of benzene rings is 2. The summed E-state index contributed by atoms with van der Waals surface area (Å²) in [5.41, 5.74) is 2.75. The van der Waals surface area contributed by atoms with Gasteiger partial charge in [-0.1, -0.05) is 60.7 Å². The maximum Gasteiger partial charge on any atom is 0.303 e. The molecule has 4 heteroatoms. The van der Waals surface area contributed by atoms with E-state index >= 15 is 0 Å². The lowest BCUT2D eigenvalue weighted by Crippen LogP contribution is -2.96. The molecule has 0 bridgehead atoms. The van der Waals surface area contributed by atoms with Crippen LogP contribution in [0.3, 0.4) is 0 Å². The molecule has 0 aliphatic carbocycles. The first-order valence-electron chi connectivity index (χ1n) is 9.58. The van der Waals surface area contributed by atoms with Gasteiger partial charge in [0.25, 0.3) is 0 Å². The summed E-state index contributed by atoms with van der Waals surface area (Å²) in [6.45, 7) is 2.90. The number of carboxylic acids is 1. The van der Waals surface area contributed by atoms with Crippen LogP contribution in [0.1, 0.15) is 36.4 Å². The second kappa shape index (κ2) is 9.51. The fourth-order valence-electron chi connectivity index (χ4n) is 3.87. The fourth-order valence-corrected chi connectivity index (χ4v) is 3.87. The summed E-state index contributed by atoms with van der Waals surface area (Å²) in [7, 11) is 0. The summed E-state index contributed by atoms with van der Waals surface area (Å²) in [6.07, 6.45) is 3.21. The van der Waals surface area contributed by atoms with Crippen molar-refractivity contribution in [1.29, 1.82) is 0 Å². The minimum absolute atomic E-state index is 0.255. The summed E-state index contributed by atoms with van der Waals surface area (Å²) in [5, 5.41) is 11.4. The number of quaternary nitrogens is 1. The zero-order valence-corrected chi connectivity index (χ0v) is 15.3. The largest absolute Gasteiger partial charge is 0.481 e. The van der Waals surface area contributed by atoms with Gasteiger partial charge >= 0.3 is 5.97 Å². The van der Waals surface area contributed by atoms with Crippen LogP contribution in [0.25, 0.3) is 0 Å². The number of rotatable bonds is 8. The highest BCUT2D eigenvalue weighted by molar-refractivity contribution is 5.66.